The first-order chi connectivity index (χ1) is 9.91. The van der Waals surface area contributed by atoms with Crippen molar-refractivity contribution >= 4 is 22.4 Å². The van der Waals surface area contributed by atoms with E-state index in [1.165, 1.54) is 11.3 Å². The normalized spacial score (nSPS) is 19.9. The van der Waals surface area contributed by atoms with E-state index in [0.717, 1.165) is 0 Å². The zero-order valence-corrected chi connectivity index (χ0v) is 11.5. The van der Waals surface area contributed by atoms with Gasteiger partial charge in [0.1, 0.15) is 5.51 Å². The number of hydrogen-bond donors (Lipinski definition) is 1. The van der Waals surface area contributed by atoms with Crippen molar-refractivity contribution in [3.8, 4) is 0 Å². The molecule has 21 heavy (non-hydrogen) atoms. The van der Waals surface area contributed by atoms with Gasteiger partial charge in [-0.3, -0.25) is 4.79 Å². The largest absolute Gasteiger partial charge is 0.383 e. The first-order valence-electron chi connectivity index (χ1n) is 5.98. The molecule has 1 saturated heterocycles. The molecule has 11 heteroatoms. The van der Waals surface area contributed by atoms with Crippen LogP contribution in [0.5, 0.6) is 0 Å². The van der Waals surface area contributed by atoms with Crippen LogP contribution in [0.2, 0.25) is 0 Å². The van der Waals surface area contributed by atoms with Gasteiger partial charge in [0.15, 0.2) is 0 Å². The van der Waals surface area contributed by atoms with Crippen molar-refractivity contribution < 1.29 is 27.1 Å². The molecule has 1 fully saturated rings. The molecular formula is C10H12F4N4O2S. The molecule has 0 bridgehead atoms. The van der Waals surface area contributed by atoms with Crippen molar-refractivity contribution in [3.63, 3.8) is 0 Å². The summed E-state index contributed by atoms with van der Waals surface area (Å²) >= 11 is 1.31. The molecule has 1 aromatic rings. The molecular weight excluding hydrogens is 316 g/mol. The fourth-order valence-electron chi connectivity index (χ4n) is 1.75. The number of rotatable bonds is 5. The molecule has 118 valence electrons. The minimum Gasteiger partial charge on any atom is -0.373 e. The number of halogens is 4. The molecule has 1 aliphatic rings. The Hall–Kier alpha value is -1.49. The predicted octanol–water partition coefficient (Wildman–Crippen LogP) is 0.760. The molecule has 1 unspecified atom stereocenters. The zero-order valence-electron chi connectivity index (χ0n) is 10.6. The minimum absolute atomic E-state index is 0.281. The lowest BCUT2D eigenvalue weighted by molar-refractivity contribution is -0.170. The van der Waals surface area contributed by atoms with E-state index < -0.39 is 24.4 Å². The van der Waals surface area contributed by atoms with Crippen molar-refractivity contribution in [3.05, 3.63) is 5.51 Å². The molecule has 1 N–H and O–H groups in total. The van der Waals surface area contributed by atoms with Crippen LogP contribution in [0.1, 0.15) is 0 Å². The second-order valence-electron chi connectivity index (χ2n) is 4.29. The Labute approximate surface area is 121 Å². The number of ether oxygens (including phenoxy) is 1. The zero-order chi connectivity index (χ0) is 15.5. The van der Waals surface area contributed by atoms with Gasteiger partial charge in [-0.15, -0.1) is 10.2 Å². The number of morpholine rings is 1. The van der Waals surface area contributed by atoms with Gasteiger partial charge in [0.2, 0.25) is 5.13 Å². The third-order valence-electron chi connectivity index (χ3n) is 2.82. The maximum atomic E-state index is 12.8. The Balaban J connectivity index is 1.85. The fourth-order valence-corrected chi connectivity index (χ4v) is 2.34. The van der Waals surface area contributed by atoms with Crippen molar-refractivity contribution in [1.82, 2.24) is 15.5 Å². The van der Waals surface area contributed by atoms with Gasteiger partial charge in [-0.1, -0.05) is 11.3 Å². The second kappa shape index (κ2) is 6.52. The standard InChI is InChI=1S/C10H12F4N4O2S/c11-7(12)10(13,14)8(19)15-3-6-4-18(1-2-20-6)9-17-16-5-21-9/h5-7H,1-4H2,(H,15,19). The SMILES string of the molecule is O=C(NCC1CN(c2nncs2)CCO1)C(F)(F)C(F)F. The highest BCUT2D eigenvalue weighted by molar-refractivity contribution is 7.13. The third-order valence-corrected chi connectivity index (χ3v) is 3.58. The van der Waals surface area contributed by atoms with E-state index in [0.29, 0.717) is 24.8 Å². The average Bonchev–Trinajstić information content (AvgIpc) is 2.99. The smallest absolute Gasteiger partial charge is 0.373 e. The molecule has 6 nitrogen and oxygen atoms in total. The highest BCUT2D eigenvalue weighted by atomic mass is 32.1. The maximum Gasteiger partial charge on any atom is 0.383 e. The molecule has 0 radical (unpaired) electrons. The van der Waals surface area contributed by atoms with Gasteiger partial charge in [0, 0.05) is 19.6 Å². The summed E-state index contributed by atoms with van der Waals surface area (Å²) in [5.74, 6) is -6.71. The van der Waals surface area contributed by atoms with Gasteiger partial charge in [-0.2, -0.15) is 8.78 Å². The van der Waals surface area contributed by atoms with Crippen molar-refractivity contribution in [2.45, 2.75) is 18.5 Å². The van der Waals surface area contributed by atoms with Gasteiger partial charge in [-0.25, -0.2) is 8.78 Å². The van der Waals surface area contributed by atoms with Crippen LogP contribution in [-0.2, 0) is 9.53 Å². The number of hydrogen-bond acceptors (Lipinski definition) is 6. The number of aromatic nitrogens is 2. The van der Waals surface area contributed by atoms with Gasteiger partial charge >= 0.3 is 12.3 Å². The van der Waals surface area contributed by atoms with Crippen molar-refractivity contribution in [2.75, 3.05) is 31.1 Å². The molecule has 2 heterocycles. The van der Waals surface area contributed by atoms with E-state index in [4.69, 9.17) is 4.74 Å². The summed E-state index contributed by atoms with van der Waals surface area (Å²) in [6, 6.07) is 0. The van der Waals surface area contributed by atoms with Gasteiger partial charge < -0.3 is 15.0 Å². The number of carbonyl (C=O) groups is 1. The monoisotopic (exact) mass is 328 g/mol. The maximum absolute atomic E-state index is 12.8. The second-order valence-corrected chi connectivity index (χ2v) is 5.11. The number of alkyl halides is 4. The summed E-state index contributed by atoms with van der Waals surface area (Å²) in [5, 5.41) is 9.98. The lowest BCUT2D eigenvalue weighted by atomic mass is 10.2. The van der Waals surface area contributed by atoms with Crippen LogP contribution in [-0.4, -0.2) is 60.8 Å². The summed E-state index contributed by atoms with van der Waals surface area (Å²) in [7, 11) is 0. The van der Waals surface area contributed by atoms with Crippen LogP contribution in [0.25, 0.3) is 0 Å². The molecule has 0 spiro atoms. The van der Waals surface area contributed by atoms with E-state index in [-0.39, 0.29) is 6.54 Å². The van der Waals surface area contributed by atoms with Crippen LogP contribution >= 0.6 is 11.3 Å². The van der Waals surface area contributed by atoms with Crippen LogP contribution < -0.4 is 10.2 Å². The highest BCUT2D eigenvalue weighted by Crippen LogP contribution is 2.23. The summed E-state index contributed by atoms with van der Waals surface area (Å²) in [6.45, 7) is 0.879. The van der Waals surface area contributed by atoms with E-state index in [1.807, 2.05) is 4.90 Å². The quantitative estimate of drug-likeness (QED) is 0.809. The van der Waals surface area contributed by atoms with E-state index in [2.05, 4.69) is 10.2 Å². The van der Waals surface area contributed by atoms with Crippen LogP contribution in [0, 0.1) is 0 Å². The minimum atomic E-state index is -4.70. The lowest BCUT2D eigenvalue weighted by Crippen LogP contribution is -2.51. The Kier molecular flexibility index (Phi) is 4.93. The summed E-state index contributed by atoms with van der Waals surface area (Å²) in [4.78, 5) is 12.9. The highest BCUT2D eigenvalue weighted by Gasteiger charge is 2.48. The molecule has 2 rings (SSSR count). The topological polar surface area (TPSA) is 67.4 Å². The summed E-state index contributed by atoms with van der Waals surface area (Å²) in [6.07, 6.45) is -4.62. The van der Waals surface area contributed by atoms with E-state index >= 15 is 0 Å². The van der Waals surface area contributed by atoms with E-state index in [9.17, 15) is 22.4 Å². The molecule has 1 aliphatic heterocycles. The lowest BCUT2D eigenvalue weighted by Gasteiger charge is -2.32. The predicted molar refractivity (Wildman–Crippen MR) is 65.8 cm³/mol. The Morgan fingerprint density at radius 1 is 1.62 bits per heavy atom. The number of amides is 1. The van der Waals surface area contributed by atoms with Crippen LogP contribution in [0.3, 0.4) is 0 Å². The van der Waals surface area contributed by atoms with Gasteiger partial charge in [0.25, 0.3) is 5.91 Å². The number of nitrogens with one attached hydrogen (secondary N) is 1. The number of nitrogens with zero attached hydrogens (tertiary/aromatic N) is 3. The Morgan fingerprint density at radius 3 is 3.00 bits per heavy atom. The van der Waals surface area contributed by atoms with Gasteiger partial charge in [-0.05, 0) is 0 Å². The first-order valence-corrected chi connectivity index (χ1v) is 6.86. The molecule has 0 aromatic carbocycles. The molecule has 1 amide bonds. The molecule has 1 aromatic heterocycles. The molecule has 0 saturated carbocycles. The van der Waals surface area contributed by atoms with Gasteiger partial charge in [0.05, 0.1) is 12.7 Å². The summed E-state index contributed by atoms with van der Waals surface area (Å²) < 4.78 is 54.9. The third kappa shape index (κ3) is 3.79. The van der Waals surface area contributed by atoms with Crippen LogP contribution in [0.15, 0.2) is 5.51 Å². The average molecular weight is 328 g/mol. The van der Waals surface area contributed by atoms with Crippen molar-refractivity contribution in [2.24, 2.45) is 0 Å². The van der Waals surface area contributed by atoms with Crippen molar-refractivity contribution in [1.29, 1.82) is 0 Å². The fraction of sp³-hybridized carbons (Fsp3) is 0.700. The first kappa shape index (κ1) is 15.9. The Morgan fingerprint density at radius 2 is 2.38 bits per heavy atom. The number of anilines is 1. The number of carbonyl (C=O) groups excluding carboxylic acids is 1. The summed E-state index contributed by atoms with van der Waals surface area (Å²) in [5.41, 5.74) is 1.55. The molecule has 1 atom stereocenters. The van der Waals surface area contributed by atoms with E-state index in [1.54, 1.807) is 10.8 Å². The molecule has 0 aliphatic carbocycles. The Bertz CT molecular complexity index is 474. The van der Waals surface area contributed by atoms with Crippen LogP contribution in [0.4, 0.5) is 22.7 Å².